The van der Waals surface area contributed by atoms with Gasteiger partial charge in [-0.15, -0.1) is 0 Å². The molecule has 0 bridgehead atoms. The summed E-state index contributed by atoms with van der Waals surface area (Å²) < 4.78 is 1.61. The van der Waals surface area contributed by atoms with Crippen molar-refractivity contribution in [2.75, 3.05) is 11.9 Å². The Bertz CT molecular complexity index is 745. The van der Waals surface area contributed by atoms with Gasteiger partial charge in [-0.25, -0.2) is 0 Å². The van der Waals surface area contributed by atoms with Gasteiger partial charge in [-0.3, -0.25) is 9.48 Å². The first-order valence-electron chi connectivity index (χ1n) is 8.75. The zero-order chi connectivity index (χ0) is 16.7. The Morgan fingerprint density at radius 1 is 1.29 bits per heavy atom. The number of benzene rings is 1. The van der Waals surface area contributed by atoms with Crippen LogP contribution in [0.25, 0.3) is 0 Å². The van der Waals surface area contributed by atoms with Crippen LogP contribution in [0.4, 0.5) is 5.69 Å². The van der Waals surface area contributed by atoms with Crippen molar-refractivity contribution in [2.45, 2.75) is 38.1 Å². The number of aryl methyl sites for hydroxylation is 2. The summed E-state index contributed by atoms with van der Waals surface area (Å²) in [7, 11) is 1.78. The van der Waals surface area contributed by atoms with Crippen LogP contribution in [0.3, 0.4) is 0 Å². The second kappa shape index (κ2) is 6.06. The van der Waals surface area contributed by atoms with E-state index in [2.05, 4.69) is 27.9 Å². The van der Waals surface area contributed by atoms with Gasteiger partial charge in [0.15, 0.2) is 0 Å². The van der Waals surface area contributed by atoms with E-state index >= 15 is 0 Å². The van der Waals surface area contributed by atoms with Gasteiger partial charge >= 0.3 is 0 Å². The number of hydrogen-bond donors (Lipinski definition) is 2. The molecule has 0 spiro atoms. The number of amides is 1. The summed E-state index contributed by atoms with van der Waals surface area (Å²) in [6.45, 7) is 3.06. The monoisotopic (exact) mass is 324 g/mol. The lowest BCUT2D eigenvalue weighted by molar-refractivity contribution is 0.101. The maximum absolute atomic E-state index is 12.3. The molecule has 24 heavy (non-hydrogen) atoms. The number of rotatable bonds is 6. The van der Waals surface area contributed by atoms with E-state index in [-0.39, 0.29) is 5.91 Å². The second-order valence-corrected chi connectivity index (χ2v) is 7.17. The summed E-state index contributed by atoms with van der Waals surface area (Å²) in [6, 6.07) is 10.7. The third kappa shape index (κ3) is 3.36. The second-order valence-electron chi connectivity index (χ2n) is 7.17. The topological polar surface area (TPSA) is 59.0 Å². The molecule has 126 valence electrons. The molecular weight excluding hydrogens is 300 g/mol. The van der Waals surface area contributed by atoms with Gasteiger partial charge in [-0.1, -0.05) is 12.1 Å². The minimum absolute atomic E-state index is 0.124. The van der Waals surface area contributed by atoms with E-state index in [1.54, 1.807) is 17.8 Å². The third-order valence-electron chi connectivity index (χ3n) is 4.99. The standard InChI is InChI=1S/C19H24N4O/c1-12-9-18(23(2)22-12)19(24)21-15-7-5-14(6-8-15)16-10-17(16)20-11-13-3-4-13/h5-9,13,16-17,20H,3-4,10-11H2,1-2H3,(H,21,24). The molecule has 1 aromatic heterocycles. The van der Waals surface area contributed by atoms with Crippen LogP contribution in [0.5, 0.6) is 0 Å². The Morgan fingerprint density at radius 2 is 2.04 bits per heavy atom. The fraction of sp³-hybridized carbons (Fsp3) is 0.474. The quantitative estimate of drug-likeness (QED) is 0.859. The molecule has 2 aliphatic rings. The van der Waals surface area contributed by atoms with Gasteiger partial charge in [0.2, 0.25) is 0 Å². The first-order chi connectivity index (χ1) is 11.6. The molecule has 1 aromatic carbocycles. The van der Waals surface area contributed by atoms with Gasteiger partial charge in [-0.2, -0.15) is 5.10 Å². The summed E-state index contributed by atoms with van der Waals surface area (Å²) in [5.74, 6) is 1.44. The van der Waals surface area contributed by atoms with Crippen molar-refractivity contribution in [2.24, 2.45) is 13.0 Å². The van der Waals surface area contributed by atoms with Gasteiger partial charge in [0.25, 0.3) is 5.91 Å². The first kappa shape index (κ1) is 15.4. The largest absolute Gasteiger partial charge is 0.321 e. The molecule has 2 aromatic rings. The first-order valence-corrected chi connectivity index (χ1v) is 8.75. The Hall–Kier alpha value is -2.14. The smallest absolute Gasteiger partial charge is 0.273 e. The zero-order valence-electron chi connectivity index (χ0n) is 14.2. The maximum atomic E-state index is 12.3. The lowest BCUT2D eigenvalue weighted by Gasteiger charge is -2.07. The minimum Gasteiger partial charge on any atom is -0.321 e. The summed E-state index contributed by atoms with van der Waals surface area (Å²) in [6.07, 6.45) is 4.02. The molecule has 2 N–H and O–H groups in total. The predicted octanol–water partition coefficient (Wildman–Crippen LogP) is 2.84. The van der Waals surface area contributed by atoms with Crippen molar-refractivity contribution in [1.29, 1.82) is 0 Å². The Kier molecular flexibility index (Phi) is 3.88. The molecule has 2 atom stereocenters. The number of carbonyl (C=O) groups is 1. The Balaban J connectivity index is 1.34. The number of aromatic nitrogens is 2. The maximum Gasteiger partial charge on any atom is 0.273 e. The SMILES string of the molecule is Cc1cc(C(=O)Nc2ccc(C3CC3NCC3CC3)cc2)n(C)n1. The summed E-state index contributed by atoms with van der Waals surface area (Å²) in [5.41, 5.74) is 3.60. The number of nitrogens with one attached hydrogen (secondary N) is 2. The Morgan fingerprint density at radius 3 is 2.67 bits per heavy atom. The number of hydrogen-bond acceptors (Lipinski definition) is 3. The van der Waals surface area contributed by atoms with Crippen LogP contribution in [0.15, 0.2) is 30.3 Å². The fourth-order valence-electron chi connectivity index (χ4n) is 3.26. The van der Waals surface area contributed by atoms with E-state index in [9.17, 15) is 4.79 Å². The van der Waals surface area contributed by atoms with Gasteiger partial charge in [0, 0.05) is 24.7 Å². The molecule has 1 heterocycles. The summed E-state index contributed by atoms with van der Waals surface area (Å²) in [5, 5.41) is 10.8. The predicted molar refractivity (Wildman–Crippen MR) is 94.2 cm³/mol. The molecule has 2 fully saturated rings. The summed E-state index contributed by atoms with van der Waals surface area (Å²) in [4.78, 5) is 12.3. The molecule has 4 rings (SSSR count). The fourth-order valence-corrected chi connectivity index (χ4v) is 3.26. The van der Waals surface area contributed by atoms with Crippen molar-refractivity contribution in [3.8, 4) is 0 Å². The van der Waals surface area contributed by atoms with Crippen molar-refractivity contribution in [1.82, 2.24) is 15.1 Å². The van der Waals surface area contributed by atoms with Crippen LogP contribution in [0.1, 0.15) is 46.9 Å². The normalized spacial score (nSPS) is 22.4. The molecule has 0 radical (unpaired) electrons. The molecule has 2 saturated carbocycles. The van der Waals surface area contributed by atoms with Crippen LogP contribution in [-0.4, -0.2) is 28.3 Å². The van der Waals surface area contributed by atoms with Crippen molar-refractivity contribution >= 4 is 11.6 Å². The van der Waals surface area contributed by atoms with Gasteiger partial charge in [0.1, 0.15) is 5.69 Å². The zero-order valence-corrected chi connectivity index (χ0v) is 14.2. The minimum atomic E-state index is -0.124. The molecule has 1 amide bonds. The van der Waals surface area contributed by atoms with Crippen LogP contribution in [-0.2, 0) is 7.05 Å². The van der Waals surface area contributed by atoms with E-state index < -0.39 is 0 Å². The highest BCUT2D eigenvalue weighted by molar-refractivity contribution is 6.03. The lowest BCUT2D eigenvalue weighted by Crippen LogP contribution is -2.20. The summed E-state index contributed by atoms with van der Waals surface area (Å²) >= 11 is 0. The number of nitrogens with zero attached hydrogens (tertiary/aromatic N) is 2. The van der Waals surface area contributed by atoms with Crippen LogP contribution in [0.2, 0.25) is 0 Å². The highest BCUT2D eigenvalue weighted by atomic mass is 16.2. The van der Waals surface area contributed by atoms with Crippen molar-refractivity contribution in [3.63, 3.8) is 0 Å². The molecule has 2 aliphatic carbocycles. The van der Waals surface area contributed by atoms with Crippen LogP contribution < -0.4 is 10.6 Å². The van der Waals surface area contributed by atoms with Gasteiger partial charge in [-0.05, 0) is 62.4 Å². The average molecular weight is 324 g/mol. The lowest BCUT2D eigenvalue weighted by atomic mass is 10.1. The van der Waals surface area contributed by atoms with E-state index in [4.69, 9.17) is 0 Å². The van der Waals surface area contributed by atoms with Crippen LogP contribution in [0, 0.1) is 12.8 Å². The van der Waals surface area contributed by atoms with Crippen LogP contribution >= 0.6 is 0 Å². The highest BCUT2D eigenvalue weighted by Gasteiger charge is 2.38. The van der Waals surface area contributed by atoms with Gasteiger partial charge < -0.3 is 10.6 Å². The van der Waals surface area contributed by atoms with E-state index in [1.165, 1.54) is 31.4 Å². The third-order valence-corrected chi connectivity index (χ3v) is 4.99. The molecule has 0 saturated heterocycles. The molecule has 0 aliphatic heterocycles. The van der Waals surface area contributed by atoms with E-state index in [0.717, 1.165) is 17.3 Å². The van der Waals surface area contributed by atoms with Crippen molar-refractivity contribution < 1.29 is 4.79 Å². The Labute approximate surface area is 142 Å². The number of anilines is 1. The number of carbonyl (C=O) groups excluding carboxylic acids is 1. The van der Waals surface area contributed by atoms with E-state index in [1.807, 2.05) is 19.1 Å². The molecule has 5 nitrogen and oxygen atoms in total. The molecular formula is C19H24N4O. The molecule has 2 unspecified atom stereocenters. The highest BCUT2D eigenvalue weighted by Crippen LogP contribution is 2.41. The average Bonchev–Trinajstić information content (AvgIpc) is 3.45. The van der Waals surface area contributed by atoms with Gasteiger partial charge in [0.05, 0.1) is 5.69 Å². The van der Waals surface area contributed by atoms with Crippen molar-refractivity contribution in [3.05, 3.63) is 47.3 Å². The molecule has 5 heteroatoms. The van der Waals surface area contributed by atoms with E-state index in [0.29, 0.717) is 17.7 Å².